The van der Waals surface area contributed by atoms with Crippen molar-refractivity contribution in [2.75, 3.05) is 26.3 Å². The molecule has 2 N–H and O–H groups in total. The lowest BCUT2D eigenvalue weighted by molar-refractivity contribution is -0.140. The maximum Gasteiger partial charge on any atom is 0.223 e. The van der Waals surface area contributed by atoms with Gasteiger partial charge in [0.1, 0.15) is 0 Å². The average Bonchev–Trinajstić information content (AvgIpc) is 2.26. The van der Waals surface area contributed by atoms with E-state index in [0.717, 1.165) is 19.4 Å². The number of hydrogen-bond acceptors (Lipinski definition) is 3. The molecular weight excluding hydrogens is 204 g/mol. The van der Waals surface area contributed by atoms with E-state index in [0.29, 0.717) is 32.1 Å². The Bertz CT molecular complexity index is 219. The SMILES string of the molecule is CC(C)CC1COCCN1C(=O)CCCN. The highest BCUT2D eigenvalue weighted by molar-refractivity contribution is 5.76. The predicted molar refractivity (Wildman–Crippen MR) is 64.1 cm³/mol. The minimum absolute atomic E-state index is 0.236. The molecule has 0 aromatic carbocycles. The second-order valence-electron chi connectivity index (χ2n) is 4.84. The monoisotopic (exact) mass is 228 g/mol. The molecule has 1 atom stereocenters. The summed E-state index contributed by atoms with van der Waals surface area (Å²) in [5.74, 6) is 0.830. The van der Waals surface area contributed by atoms with Crippen molar-refractivity contribution in [1.82, 2.24) is 4.90 Å². The molecule has 0 saturated carbocycles. The van der Waals surface area contributed by atoms with Crippen molar-refractivity contribution in [3.05, 3.63) is 0 Å². The van der Waals surface area contributed by atoms with Gasteiger partial charge in [-0.05, 0) is 25.3 Å². The molecule has 1 aliphatic heterocycles. The Kier molecular flexibility index (Phi) is 5.77. The molecule has 1 heterocycles. The van der Waals surface area contributed by atoms with E-state index in [9.17, 15) is 4.79 Å². The molecule has 1 fully saturated rings. The number of rotatable bonds is 5. The van der Waals surface area contributed by atoms with Crippen molar-refractivity contribution in [2.45, 2.75) is 39.2 Å². The van der Waals surface area contributed by atoms with Gasteiger partial charge in [-0.15, -0.1) is 0 Å². The van der Waals surface area contributed by atoms with Crippen LogP contribution in [0.3, 0.4) is 0 Å². The molecule has 0 aromatic heterocycles. The van der Waals surface area contributed by atoms with Gasteiger partial charge in [-0.2, -0.15) is 0 Å². The molecule has 1 unspecified atom stereocenters. The molecule has 0 aliphatic carbocycles. The van der Waals surface area contributed by atoms with Gasteiger partial charge < -0.3 is 15.4 Å². The van der Waals surface area contributed by atoms with Crippen molar-refractivity contribution >= 4 is 5.91 Å². The first kappa shape index (κ1) is 13.5. The van der Waals surface area contributed by atoms with Gasteiger partial charge in [0, 0.05) is 13.0 Å². The molecule has 94 valence electrons. The van der Waals surface area contributed by atoms with E-state index in [4.69, 9.17) is 10.5 Å². The zero-order valence-corrected chi connectivity index (χ0v) is 10.4. The van der Waals surface area contributed by atoms with Crippen LogP contribution in [-0.2, 0) is 9.53 Å². The van der Waals surface area contributed by atoms with Crippen LogP contribution in [0, 0.1) is 5.92 Å². The van der Waals surface area contributed by atoms with Gasteiger partial charge in [0.2, 0.25) is 5.91 Å². The van der Waals surface area contributed by atoms with Gasteiger partial charge in [0.05, 0.1) is 19.3 Å². The fourth-order valence-corrected chi connectivity index (χ4v) is 2.12. The molecule has 1 amide bonds. The van der Waals surface area contributed by atoms with Crippen molar-refractivity contribution in [3.63, 3.8) is 0 Å². The number of hydrogen-bond donors (Lipinski definition) is 1. The zero-order chi connectivity index (χ0) is 12.0. The molecular formula is C12H24N2O2. The van der Waals surface area contributed by atoms with E-state index in [2.05, 4.69) is 13.8 Å². The summed E-state index contributed by atoms with van der Waals surface area (Å²) in [6.07, 6.45) is 2.38. The Labute approximate surface area is 98.1 Å². The summed E-state index contributed by atoms with van der Waals surface area (Å²) >= 11 is 0. The fourth-order valence-electron chi connectivity index (χ4n) is 2.12. The molecule has 1 aliphatic rings. The summed E-state index contributed by atoms with van der Waals surface area (Å²) < 4.78 is 5.45. The van der Waals surface area contributed by atoms with Gasteiger partial charge in [-0.25, -0.2) is 0 Å². The first-order valence-corrected chi connectivity index (χ1v) is 6.22. The average molecular weight is 228 g/mol. The third-order valence-electron chi connectivity index (χ3n) is 2.89. The Hall–Kier alpha value is -0.610. The van der Waals surface area contributed by atoms with E-state index in [1.54, 1.807) is 0 Å². The van der Waals surface area contributed by atoms with E-state index in [1.807, 2.05) is 4.90 Å². The summed E-state index contributed by atoms with van der Waals surface area (Å²) in [6, 6.07) is 0.263. The van der Waals surface area contributed by atoms with Crippen LogP contribution in [0.2, 0.25) is 0 Å². The molecule has 1 saturated heterocycles. The lowest BCUT2D eigenvalue weighted by Crippen LogP contribution is -2.49. The second-order valence-corrected chi connectivity index (χ2v) is 4.84. The Morgan fingerprint density at radius 2 is 2.31 bits per heavy atom. The molecule has 0 bridgehead atoms. The number of morpholine rings is 1. The number of amides is 1. The summed E-state index contributed by atoms with van der Waals surface area (Å²) in [5, 5.41) is 0. The Balaban J connectivity index is 2.48. The van der Waals surface area contributed by atoms with Gasteiger partial charge in [0.25, 0.3) is 0 Å². The van der Waals surface area contributed by atoms with Gasteiger partial charge in [0.15, 0.2) is 0 Å². The summed E-state index contributed by atoms with van der Waals surface area (Å²) in [7, 11) is 0. The fraction of sp³-hybridized carbons (Fsp3) is 0.917. The third kappa shape index (κ3) is 4.10. The van der Waals surface area contributed by atoms with Crippen LogP contribution >= 0.6 is 0 Å². The molecule has 0 aromatic rings. The third-order valence-corrected chi connectivity index (χ3v) is 2.89. The molecule has 4 heteroatoms. The smallest absolute Gasteiger partial charge is 0.223 e. The van der Waals surface area contributed by atoms with Gasteiger partial charge >= 0.3 is 0 Å². The van der Waals surface area contributed by atoms with Crippen LogP contribution in [0.25, 0.3) is 0 Å². The first-order chi connectivity index (χ1) is 7.65. The maximum absolute atomic E-state index is 12.0. The van der Waals surface area contributed by atoms with E-state index in [-0.39, 0.29) is 11.9 Å². The van der Waals surface area contributed by atoms with Gasteiger partial charge in [-0.3, -0.25) is 4.79 Å². The largest absolute Gasteiger partial charge is 0.377 e. The second kappa shape index (κ2) is 6.86. The van der Waals surface area contributed by atoms with Crippen LogP contribution in [0.1, 0.15) is 33.1 Å². The topological polar surface area (TPSA) is 55.6 Å². The molecule has 16 heavy (non-hydrogen) atoms. The first-order valence-electron chi connectivity index (χ1n) is 6.22. The Morgan fingerprint density at radius 3 is 2.94 bits per heavy atom. The molecule has 4 nitrogen and oxygen atoms in total. The van der Waals surface area contributed by atoms with Crippen LogP contribution in [0.5, 0.6) is 0 Å². The number of nitrogens with zero attached hydrogens (tertiary/aromatic N) is 1. The van der Waals surface area contributed by atoms with Crippen LogP contribution in [-0.4, -0.2) is 43.2 Å². The molecule has 0 spiro atoms. The highest BCUT2D eigenvalue weighted by atomic mass is 16.5. The predicted octanol–water partition coefficient (Wildman–Crippen LogP) is 0.999. The lowest BCUT2D eigenvalue weighted by Gasteiger charge is -2.36. The van der Waals surface area contributed by atoms with Crippen LogP contribution in [0.15, 0.2) is 0 Å². The zero-order valence-electron chi connectivity index (χ0n) is 10.4. The normalized spacial score (nSPS) is 21.5. The number of carbonyl (C=O) groups is 1. The van der Waals surface area contributed by atoms with E-state index < -0.39 is 0 Å². The van der Waals surface area contributed by atoms with Gasteiger partial charge in [-0.1, -0.05) is 13.8 Å². The standard InChI is InChI=1S/C12H24N2O2/c1-10(2)8-11-9-16-7-6-14(11)12(15)4-3-5-13/h10-11H,3-9,13H2,1-2H3. The van der Waals surface area contributed by atoms with Crippen LogP contribution < -0.4 is 5.73 Å². The number of carbonyl (C=O) groups excluding carboxylic acids is 1. The van der Waals surface area contributed by atoms with Crippen molar-refractivity contribution in [1.29, 1.82) is 0 Å². The van der Waals surface area contributed by atoms with E-state index >= 15 is 0 Å². The van der Waals surface area contributed by atoms with Crippen molar-refractivity contribution in [3.8, 4) is 0 Å². The quantitative estimate of drug-likeness (QED) is 0.763. The van der Waals surface area contributed by atoms with Crippen molar-refractivity contribution in [2.24, 2.45) is 11.7 Å². The minimum atomic E-state index is 0.236. The lowest BCUT2D eigenvalue weighted by atomic mass is 10.0. The van der Waals surface area contributed by atoms with Crippen molar-refractivity contribution < 1.29 is 9.53 Å². The number of ether oxygens (including phenoxy) is 1. The van der Waals surface area contributed by atoms with Crippen LogP contribution in [0.4, 0.5) is 0 Å². The highest BCUT2D eigenvalue weighted by Gasteiger charge is 2.27. The molecule has 1 rings (SSSR count). The van der Waals surface area contributed by atoms with E-state index in [1.165, 1.54) is 0 Å². The Morgan fingerprint density at radius 1 is 1.56 bits per heavy atom. The summed E-state index contributed by atoms with van der Waals surface area (Å²) in [6.45, 7) is 7.04. The summed E-state index contributed by atoms with van der Waals surface area (Å²) in [4.78, 5) is 13.9. The molecule has 0 radical (unpaired) electrons. The number of nitrogens with two attached hydrogens (primary N) is 1. The summed E-state index contributed by atoms with van der Waals surface area (Å²) in [5.41, 5.74) is 5.43. The maximum atomic E-state index is 12.0. The highest BCUT2D eigenvalue weighted by Crippen LogP contribution is 2.16. The minimum Gasteiger partial charge on any atom is -0.377 e.